The van der Waals surface area contributed by atoms with Gasteiger partial charge in [-0.15, -0.1) is 0 Å². The van der Waals surface area contributed by atoms with E-state index in [0.29, 0.717) is 30.3 Å². The zero-order valence-electron chi connectivity index (χ0n) is 15.0. The van der Waals surface area contributed by atoms with Gasteiger partial charge in [0.2, 0.25) is 5.89 Å². The first-order valence-corrected chi connectivity index (χ1v) is 9.53. The number of nitrogens with zero attached hydrogens (tertiary/aromatic N) is 2. The summed E-state index contributed by atoms with van der Waals surface area (Å²) >= 11 is 0. The van der Waals surface area contributed by atoms with Crippen LogP contribution >= 0.6 is 0 Å². The number of aliphatic hydroxyl groups excluding tert-OH is 1. The van der Waals surface area contributed by atoms with Gasteiger partial charge >= 0.3 is 0 Å². The largest absolute Gasteiger partial charge is 0.393 e. The van der Waals surface area contributed by atoms with Crippen LogP contribution in [-0.4, -0.2) is 33.8 Å². The first-order valence-electron chi connectivity index (χ1n) is 9.53. The molecule has 1 aromatic carbocycles. The Labute approximate surface area is 153 Å². The number of hydrogen-bond donors (Lipinski definition) is 2. The molecule has 6 heteroatoms. The van der Waals surface area contributed by atoms with Gasteiger partial charge in [0.15, 0.2) is 5.82 Å². The Morgan fingerprint density at radius 3 is 2.85 bits per heavy atom. The van der Waals surface area contributed by atoms with Gasteiger partial charge < -0.3 is 14.9 Å². The van der Waals surface area contributed by atoms with Gasteiger partial charge in [-0.2, -0.15) is 4.98 Å². The molecule has 1 aromatic heterocycles. The lowest BCUT2D eigenvalue weighted by Gasteiger charge is -2.16. The van der Waals surface area contributed by atoms with E-state index in [-0.39, 0.29) is 17.7 Å². The molecule has 0 saturated heterocycles. The fourth-order valence-corrected chi connectivity index (χ4v) is 3.81. The molecule has 2 N–H and O–H groups in total. The van der Waals surface area contributed by atoms with Crippen molar-refractivity contribution in [3.05, 3.63) is 47.1 Å². The summed E-state index contributed by atoms with van der Waals surface area (Å²) in [5, 5.41) is 17.4. The maximum Gasteiger partial charge on any atom is 0.251 e. The molecule has 26 heavy (non-hydrogen) atoms. The Balaban J connectivity index is 1.35. The van der Waals surface area contributed by atoms with Crippen molar-refractivity contribution in [1.82, 2.24) is 15.5 Å². The smallest absolute Gasteiger partial charge is 0.251 e. The lowest BCUT2D eigenvalue weighted by molar-refractivity contribution is 0.0915. The summed E-state index contributed by atoms with van der Waals surface area (Å²) in [6, 6.07) is 7.64. The van der Waals surface area contributed by atoms with Crippen LogP contribution in [0.5, 0.6) is 0 Å². The van der Waals surface area contributed by atoms with Gasteiger partial charge in [0.25, 0.3) is 5.91 Å². The van der Waals surface area contributed by atoms with Crippen molar-refractivity contribution in [2.45, 2.75) is 57.0 Å². The number of nitrogens with one attached hydrogen (secondary N) is 1. The topological polar surface area (TPSA) is 88.3 Å². The number of rotatable bonds is 6. The summed E-state index contributed by atoms with van der Waals surface area (Å²) < 4.78 is 5.41. The van der Waals surface area contributed by atoms with Crippen LogP contribution in [0.3, 0.4) is 0 Å². The van der Waals surface area contributed by atoms with Crippen molar-refractivity contribution in [3.63, 3.8) is 0 Å². The standard InChI is InChI=1S/C20H25N3O3/c1-2-12-5-3-4-6-16(12)19(25)21-11-15-9-14(10-17(15)24)20-22-18(23-26-20)13-7-8-13/h3-6,13-15,17,24H,2,7-11H2,1H3,(H,21,25)/t14-,15+,17+/m0/s1. The summed E-state index contributed by atoms with van der Waals surface area (Å²) in [7, 11) is 0. The number of benzene rings is 1. The molecule has 0 aliphatic heterocycles. The van der Waals surface area contributed by atoms with Crippen LogP contribution in [0.1, 0.15) is 72.1 Å². The van der Waals surface area contributed by atoms with E-state index in [4.69, 9.17) is 4.52 Å². The van der Waals surface area contributed by atoms with Gasteiger partial charge in [0.05, 0.1) is 6.10 Å². The summed E-state index contributed by atoms with van der Waals surface area (Å²) in [5.41, 5.74) is 1.75. The zero-order valence-corrected chi connectivity index (χ0v) is 15.0. The first kappa shape index (κ1) is 17.2. The monoisotopic (exact) mass is 355 g/mol. The molecule has 0 bridgehead atoms. The molecular formula is C20H25N3O3. The lowest BCUT2D eigenvalue weighted by Crippen LogP contribution is -2.32. The third kappa shape index (κ3) is 3.51. The van der Waals surface area contributed by atoms with Crippen molar-refractivity contribution in [1.29, 1.82) is 0 Å². The molecule has 0 unspecified atom stereocenters. The molecule has 1 amide bonds. The number of aromatic nitrogens is 2. The maximum atomic E-state index is 12.5. The fraction of sp³-hybridized carbons (Fsp3) is 0.550. The molecule has 6 nitrogen and oxygen atoms in total. The average Bonchev–Trinajstić information content (AvgIpc) is 3.27. The zero-order chi connectivity index (χ0) is 18.1. The molecule has 0 spiro atoms. The quantitative estimate of drug-likeness (QED) is 0.832. The third-order valence-corrected chi connectivity index (χ3v) is 5.57. The second-order valence-corrected chi connectivity index (χ2v) is 7.48. The highest BCUT2D eigenvalue weighted by Gasteiger charge is 2.38. The van der Waals surface area contributed by atoms with Crippen LogP contribution in [0.4, 0.5) is 0 Å². The molecule has 2 aliphatic carbocycles. The third-order valence-electron chi connectivity index (χ3n) is 5.57. The van der Waals surface area contributed by atoms with Gasteiger partial charge in [-0.1, -0.05) is 30.3 Å². The number of aryl methyl sites for hydroxylation is 1. The van der Waals surface area contributed by atoms with Crippen LogP contribution in [0.2, 0.25) is 0 Å². The summed E-state index contributed by atoms with van der Waals surface area (Å²) in [6.45, 7) is 2.50. The molecule has 138 valence electrons. The molecular weight excluding hydrogens is 330 g/mol. The van der Waals surface area contributed by atoms with Crippen molar-refractivity contribution < 1.29 is 14.4 Å². The predicted molar refractivity (Wildman–Crippen MR) is 95.9 cm³/mol. The van der Waals surface area contributed by atoms with Crippen LogP contribution in [0.25, 0.3) is 0 Å². The van der Waals surface area contributed by atoms with E-state index in [9.17, 15) is 9.90 Å². The highest BCUT2D eigenvalue weighted by molar-refractivity contribution is 5.95. The minimum absolute atomic E-state index is 0.00835. The second-order valence-electron chi connectivity index (χ2n) is 7.48. The van der Waals surface area contributed by atoms with Gasteiger partial charge in [-0.3, -0.25) is 4.79 Å². The normalized spacial score (nSPS) is 25.4. The van der Waals surface area contributed by atoms with Crippen molar-refractivity contribution >= 4 is 5.91 Å². The number of carbonyl (C=O) groups excluding carboxylic acids is 1. The molecule has 0 radical (unpaired) electrons. The van der Waals surface area contributed by atoms with E-state index in [1.807, 2.05) is 31.2 Å². The van der Waals surface area contributed by atoms with E-state index < -0.39 is 6.10 Å². The Morgan fingerprint density at radius 1 is 1.27 bits per heavy atom. The average molecular weight is 355 g/mol. The summed E-state index contributed by atoms with van der Waals surface area (Å²) in [5.74, 6) is 1.92. The Bertz CT molecular complexity index is 784. The fourth-order valence-electron chi connectivity index (χ4n) is 3.81. The van der Waals surface area contributed by atoms with Gasteiger partial charge in [0.1, 0.15) is 0 Å². The van der Waals surface area contributed by atoms with Crippen LogP contribution in [-0.2, 0) is 6.42 Å². The van der Waals surface area contributed by atoms with E-state index in [2.05, 4.69) is 15.5 Å². The molecule has 1 heterocycles. The Kier molecular flexibility index (Phi) is 4.76. The maximum absolute atomic E-state index is 12.5. The van der Waals surface area contributed by atoms with Crippen molar-refractivity contribution in [3.8, 4) is 0 Å². The van der Waals surface area contributed by atoms with Crippen LogP contribution in [0, 0.1) is 5.92 Å². The van der Waals surface area contributed by atoms with Crippen LogP contribution < -0.4 is 5.32 Å². The molecule has 3 atom stereocenters. The number of hydrogen-bond acceptors (Lipinski definition) is 5. The number of amides is 1. The van der Waals surface area contributed by atoms with Crippen LogP contribution in [0.15, 0.2) is 28.8 Å². The second kappa shape index (κ2) is 7.19. The summed E-state index contributed by atoms with van der Waals surface area (Å²) in [4.78, 5) is 17.0. The molecule has 2 aliphatic rings. The van der Waals surface area contributed by atoms with Gasteiger partial charge in [-0.25, -0.2) is 0 Å². The van der Waals surface area contributed by atoms with Gasteiger partial charge in [-0.05, 0) is 43.7 Å². The predicted octanol–water partition coefficient (Wildman–Crippen LogP) is 2.79. The lowest BCUT2D eigenvalue weighted by atomic mass is 10.0. The molecule has 2 fully saturated rings. The molecule has 2 aromatic rings. The Hall–Kier alpha value is -2.21. The minimum atomic E-state index is -0.460. The van der Waals surface area contributed by atoms with Crippen molar-refractivity contribution in [2.24, 2.45) is 5.92 Å². The number of aliphatic hydroxyl groups is 1. The van der Waals surface area contributed by atoms with E-state index in [0.717, 1.165) is 37.1 Å². The molecule has 4 rings (SSSR count). The first-order chi connectivity index (χ1) is 12.7. The van der Waals surface area contributed by atoms with E-state index in [1.165, 1.54) is 0 Å². The highest BCUT2D eigenvalue weighted by atomic mass is 16.5. The Morgan fingerprint density at radius 2 is 2.08 bits per heavy atom. The van der Waals surface area contributed by atoms with Crippen molar-refractivity contribution in [2.75, 3.05) is 6.54 Å². The van der Waals surface area contributed by atoms with E-state index >= 15 is 0 Å². The molecule has 2 saturated carbocycles. The van der Waals surface area contributed by atoms with Gasteiger partial charge in [0, 0.05) is 29.9 Å². The van der Waals surface area contributed by atoms with E-state index in [1.54, 1.807) is 0 Å². The minimum Gasteiger partial charge on any atom is -0.393 e. The summed E-state index contributed by atoms with van der Waals surface area (Å²) in [6.07, 6.45) is 4.00. The number of carbonyl (C=O) groups is 1. The highest BCUT2D eigenvalue weighted by Crippen LogP contribution is 2.41. The SMILES string of the molecule is CCc1ccccc1C(=O)NC[C@H]1C[C@H](c2nc(C3CC3)no2)C[C@H]1O.